The number of rotatable bonds is 4. The minimum absolute atomic E-state index is 0.324. The molecule has 1 amide bonds. The van der Waals surface area contributed by atoms with E-state index in [1.807, 2.05) is 30.3 Å². The molecule has 1 saturated heterocycles. The minimum atomic E-state index is -1.69. The number of amides is 1. The van der Waals surface area contributed by atoms with Crippen LogP contribution in [0.25, 0.3) is 0 Å². The van der Waals surface area contributed by atoms with E-state index < -0.39 is 11.6 Å². The molecule has 1 saturated carbocycles. The zero-order valence-electron chi connectivity index (χ0n) is 13.8. The number of nitrogens with zero attached hydrogens (tertiary/aromatic N) is 1. The lowest BCUT2D eigenvalue weighted by Crippen LogP contribution is -2.53. The Balaban J connectivity index is 1.49. The number of carbonyl (C=O) groups excluding carboxylic acids is 1. The van der Waals surface area contributed by atoms with Crippen LogP contribution in [0.4, 0.5) is 4.39 Å². The van der Waals surface area contributed by atoms with Crippen molar-refractivity contribution in [2.75, 3.05) is 13.1 Å². The van der Waals surface area contributed by atoms with Gasteiger partial charge in [-0.2, -0.15) is 0 Å². The van der Waals surface area contributed by atoms with E-state index >= 15 is 0 Å². The van der Waals surface area contributed by atoms with Gasteiger partial charge in [0.05, 0.1) is 0 Å². The average Bonchev–Trinajstić information content (AvgIpc) is 2.62. The Morgan fingerprint density at radius 2 is 1.78 bits per heavy atom. The van der Waals surface area contributed by atoms with Crippen LogP contribution in [0, 0.1) is 0 Å². The normalized spacial score (nSPS) is 22.7. The van der Waals surface area contributed by atoms with Crippen molar-refractivity contribution in [3.05, 3.63) is 35.9 Å². The number of benzene rings is 1. The molecular formula is C19H27FN2O. The Bertz CT molecular complexity index is 505. The van der Waals surface area contributed by atoms with Gasteiger partial charge in [0.1, 0.15) is 0 Å². The molecule has 0 atom stereocenters. The molecular weight excluding hydrogens is 291 g/mol. The number of hydrogen-bond donors (Lipinski definition) is 1. The highest BCUT2D eigenvalue weighted by Gasteiger charge is 2.42. The summed E-state index contributed by atoms with van der Waals surface area (Å²) in [6, 6.07) is 10.3. The average molecular weight is 318 g/mol. The summed E-state index contributed by atoms with van der Waals surface area (Å²) in [5.41, 5.74) is -0.691. The molecule has 1 aromatic carbocycles. The van der Waals surface area contributed by atoms with Gasteiger partial charge in [0.15, 0.2) is 5.67 Å². The van der Waals surface area contributed by atoms with Gasteiger partial charge in [-0.15, -0.1) is 0 Å². The van der Waals surface area contributed by atoms with Crippen LogP contribution in [0.15, 0.2) is 30.3 Å². The standard InChI is InChI=1S/C19H27FN2O/c20-19(18(23)21-15-16-7-3-1-4-8-16)11-13-22(14-12-19)17-9-5-2-6-10-17/h1,3-4,7-8,17H,2,5-6,9-15H2,(H,21,23). The van der Waals surface area contributed by atoms with Crippen molar-refractivity contribution >= 4 is 5.91 Å². The highest BCUT2D eigenvalue weighted by Crippen LogP contribution is 2.31. The lowest BCUT2D eigenvalue weighted by Gasteiger charge is -2.41. The van der Waals surface area contributed by atoms with Gasteiger partial charge in [-0.3, -0.25) is 4.79 Å². The molecule has 0 bridgehead atoms. The van der Waals surface area contributed by atoms with E-state index in [0.717, 1.165) is 5.56 Å². The molecule has 23 heavy (non-hydrogen) atoms. The molecule has 3 nitrogen and oxygen atoms in total. The Morgan fingerprint density at radius 1 is 1.13 bits per heavy atom. The van der Waals surface area contributed by atoms with Gasteiger partial charge < -0.3 is 10.2 Å². The van der Waals surface area contributed by atoms with E-state index in [-0.39, 0.29) is 0 Å². The second kappa shape index (κ2) is 7.43. The number of nitrogens with one attached hydrogen (secondary N) is 1. The van der Waals surface area contributed by atoms with Crippen molar-refractivity contribution < 1.29 is 9.18 Å². The molecule has 4 heteroatoms. The Hall–Kier alpha value is -1.42. The van der Waals surface area contributed by atoms with Crippen molar-refractivity contribution in [2.45, 2.75) is 63.2 Å². The summed E-state index contributed by atoms with van der Waals surface area (Å²) in [7, 11) is 0. The smallest absolute Gasteiger partial charge is 0.258 e. The van der Waals surface area contributed by atoms with E-state index in [2.05, 4.69) is 10.2 Å². The van der Waals surface area contributed by atoms with Crippen LogP contribution in [-0.2, 0) is 11.3 Å². The van der Waals surface area contributed by atoms with Gasteiger partial charge in [-0.05, 0) is 18.4 Å². The Morgan fingerprint density at radius 3 is 2.43 bits per heavy atom. The van der Waals surface area contributed by atoms with Crippen LogP contribution >= 0.6 is 0 Å². The minimum Gasteiger partial charge on any atom is -0.349 e. The summed E-state index contributed by atoms with van der Waals surface area (Å²) in [5, 5.41) is 2.77. The van der Waals surface area contributed by atoms with Crippen molar-refractivity contribution in [2.24, 2.45) is 0 Å². The molecule has 1 heterocycles. The first kappa shape index (κ1) is 16.4. The summed E-state index contributed by atoms with van der Waals surface area (Å²) < 4.78 is 15.0. The first-order valence-corrected chi connectivity index (χ1v) is 8.93. The lowest BCUT2D eigenvalue weighted by atomic mass is 9.88. The van der Waals surface area contributed by atoms with Crippen molar-refractivity contribution in [1.29, 1.82) is 0 Å². The summed E-state index contributed by atoms with van der Waals surface area (Å²) in [6.45, 7) is 1.82. The number of halogens is 1. The van der Waals surface area contributed by atoms with Crippen molar-refractivity contribution in [1.82, 2.24) is 10.2 Å². The number of carbonyl (C=O) groups is 1. The number of piperidine rings is 1. The number of alkyl halides is 1. The maximum Gasteiger partial charge on any atom is 0.258 e. The van der Waals surface area contributed by atoms with Gasteiger partial charge in [-0.25, -0.2) is 4.39 Å². The summed E-state index contributed by atoms with van der Waals surface area (Å²) in [4.78, 5) is 14.7. The molecule has 0 aromatic heterocycles. The molecule has 3 rings (SSSR count). The third-order valence-electron chi connectivity index (χ3n) is 5.38. The topological polar surface area (TPSA) is 32.3 Å². The Kier molecular flexibility index (Phi) is 5.31. The van der Waals surface area contributed by atoms with Crippen LogP contribution in [0.5, 0.6) is 0 Å². The quantitative estimate of drug-likeness (QED) is 0.922. The van der Waals surface area contributed by atoms with E-state index in [4.69, 9.17) is 0 Å². The zero-order chi connectivity index (χ0) is 16.1. The van der Waals surface area contributed by atoms with Crippen LogP contribution < -0.4 is 5.32 Å². The summed E-state index contributed by atoms with van der Waals surface area (Å²) in [6.07, 6.45) is 7.03. The predicted molar refractivity (Wildman–Crippen MR) is 89.8 cm³/mol. The zero-order valence-corrected chi connectivity index (χ0v) is 13.8. The van der Waals surface area contributed by atoms with Crippen LogP contribution in [0.1, 0.15) is 50.5 Å². The molecule has 0 unspecified atom stereocenters. The van der Waals surface area contributed by atoms with Gasteiger partial charge in [0.25, 0.3) is 5.91 Å². The number of likely N-dealkylation sites (tertiary alicyclic amines) is 1. The third-order valence-corrected chi connectivity index (χ3v) is 5.38. The number of hydrogen-bond acceptors (Lipinski definition) is 2. The second-order valence-electron chi connectivity index (χ2n) is 6.96. The van der Waals surface area contributed by atoms with E-state index in [0.29, 0.717) is 38.5 Å². The molecule has 0 spiro atoms. The van der Waals surface area contributed by atoms with E-state index in [1.165, 1.54) is 32.1 Å². The fourth-order valence-electron chi connectivity index (χ4n) is 3.85. The van der Waals surface area contributed by atoms with Gasteiger partial charge in [0, 0.05) is 38.5 Å². The van der Waals surface area contributed by atoms with E-state index in [9.17, 15) is 9.18 Å². The fraction of sp³-hybridized carbons (Fsp3) is 0.632. The molecule has 0 radical (unpaired) electrons. The largest absolute Gasteiger partial charge is 0.349 e. The molecule has 2 aliphatic rings. The first-order valence-electron chi connectivity index (χ1n) is 8.93. The first-order chi connectivity index (χ1) is 11.2. The third kappa shape index (κ3) is 4.11. The highest BCUT2D eigenvalue weighted by atomic mass is 19.1. The van der Waals surface area contributed by atoms with Crippen LogP contribution in [0.3, 0.4) is 0 Å². The molecule has 126 valence electrons. The maximum atomic E-state index is 15.0. The highest BCUT2D eigenvalue weighted by molar-refractivity contribution is 5.85. The SMILES string of the molecule is O=C(NCc1ccccc1)C1(F)CCN(C2CCCCC2)CC1. The molecule has 2 fully saturated rings. The lowest BCUT2D eigenvalue weighted by molar-refractivity contribution is -0.136. The van der Waals surface area contributed by atoms with Gasteiger partial charge in [0.2, 0.25) is 0 Å². The second-order valence-corrected chi connectivity index (χ2v) is 6.96. The van der Waals surface area contributed by atoms with Crippen LogP contribution in [-0.4, -0.2) is 35.6 Å². The summed E-state index contributed by atoms with van der Waals surface area (Å²) >= 11 is 0. The maximum absolute atomic E-state index is 15.0. The van der Waals surface area contributed by atoms with Gasteiger partial charge >= 0.3 is 0 Å². The predicted octanol–water partition coefficient (Wildman–Crippen LogP) is 3.44. The van der Waals surface area contributed by atoms with Crippen LogP contribution in [0.2, 0.25) is 0 Å². The molecule has 1 N–H and O–H groups in total. The van der Waals surface area contributed by atoms with Crippen molar-refractivity contribution in [3.63, 3.8) is 0 Å². The summed E-state index contributed by atoms with van der Waals surface area (Å²) in [5.74, 6) is -0.440. The monoisotopic (exact) mass is 318 g/mol. The van der Waals surface area contributed by atoms with E-state index in [1.54, 1.807) is 0 Å². The Labute approximate surface area is 138 Å². The fourth-order valence-corrected chi connectivity index (χ4v) is 3.85. The van der Waals surface area contributed by atoms with Gasteiger partial charge in [-0.1, -0.05) is 49.6 Å². The van der Waals surface area contributed by atoms with Crippen molar-refractivity contribution in [3.8, 4) is 0 Å². The molecule has 1 aliphatic carbocycles. The molecule has 1 aromatic rings. The molecule has 1 aliphatic heterocycles.